The van der Waals surface area contributed by atoms with E-state index in [1.807, 2.05) is 6.20 Å². The van der Waals surface area contributed by atoms with Crippen LogP contribution in [-0.4, -0.2) is 4.98 Å². The van der Waals surface area contributed by atoms with Gasteiger partial charge in [-0.15, -0.1) is 11.3 Å². The molecule has 1 aromatic heterocycles. The molecule has 0 aromatic carbocycles. The van der Waals surface area contributed by atoms with Crippen LogP contribution in [0.4, 0.5) is 0 Å². The van der Waals surface area contributed by atoms with Gasteiger partial charge in [-0.1, -0.05) is 27.2 Å². The number of hydrogen-bond acceptors (Lipinski definition) is 2. The molecular weight excluding hydrogens is 178 g/mol. The summed E-state index contributed by atoms with van der Waals surface area (Å²) in [5, 5.41) is 3.35. The lowest BCUT2D eigenvalue weighted by Crippen LogP contribution is -2.07. The Morgan fingerprint density at radius 2 is 2.15 bits per heavy atom. The van der Waals surface area contributed by atoms with Crippen molar-refractivity contribution in [2.75, 3.05) is 0 Å². The molecule has 2 atom stereocenters. The maximum Gasteiger partial charge on any atom is 0.0924 e. The molecule has 0 aliphatic rings. The van der Waals surface area contributed by atoms with Crippen molar-refractivity contribution in [2.24, 2.45) is 11.8 Å². The van der Waals surface area contributed by atoms with Crippen molar-refractivity contribution in [1.82, 2.24) is 4.98 Å². The van der Waals surface area contributed by atoms with Gasteiger partial charge < -0.3 is 0 Å². The molecule has 0 saturated carbocycles. The quantitative estimate of drug-likeness (QED) is 0.700. The van der Waals surface area contributed by atoms with Crippen molar-refractivity contribution < 1.29 is 0 Å². The number of thiazole rings is 1. The van der Waals surface area contributed by atoms with E-state index in [4.69, 9.17) is 0 Å². The summed E-state index contributed by atoms with van der Waals surface area (Å²) in [6, 6.07) is 0. The minimum Gasteiger partial charge on any atom is -0.250 e. The third-order valence-electron chi connectivity index (χ3n) is 2.91. The second-order valence-corrected chi connectivity index (χ2v) is 4.81. The van der Waals surface area contributed by atoms with E-state index in [0.29, 0.717) is 0 Å². The largest absolute Gasteiger partial charge is 0.250 e. The molecule has 1 aromatic rings. The molecular formula is C11H19NS. The standard InChI is InChI=1S/C11H19NS/c1-4-9(2)10(3)5-6-11-12-7-8-13-11/h7-10H,4-6H2,1-3H3. The van der Waals surface area contributed by atoms with Crippen molar-refractivity contribution in [3.63, 3.8) is 0 Å². The average molecular weight is 197 g/mol. The van der Waals surface area contributed by atoms with Crippen LogP contribution in [0.1, 0.15) is 38.6 Å². The smallest absolute Gasteiger partial charge is 0.0924 e. The Labute approximate surface area is 85.2 Å². The molecule has 1 nitrogen and oxygen atoms in total. The molecule has 2 heteroatoms. The van der Waals surface area contributed by atoms with Gasteiger partial charge in [-0.2, -0.15) is 0 Å². The molecule has 1 heterocycles. The van der Waals surface area contributed by atoms with Gasteiger partial charge in [0.15, 0.2) is 0 Å². The van der Waals surface area contributed by atoms with Crippen molar-refractivity contribution in [3.8, 4) is 0 Å². The number of aromatic nitrogens is 1. The molecule has 0 spiro atoms. The molecule has 0 amide bonds. The summed E-state index contributed by atoms with van der Waals surface area (Å²) in [6.07, 6.45) is 5.62. The van der Waals surface area contributed by atoms with Crippen LogP contribution in [0.5, 0.6) is 0 Å². The highest BCUT2D eigenvalue weighted by Gasteiger charge is 2.10. The Balaban J connectivity index is 2.26. The average Bonchev–Trinajstić information content (AvgIpc) is 2.65. The summed E-state index contributed by atoms with van der Waals surface area (Å²) in [4.78, 5) is 4.29. The highest BCUT2D eigenvalue weighted by Crippen LogP contribution is 2.20. The van der Waals surface area contributed by atoms with Crippen LogP contribution in [0, 0.1) is 11.8 Å². The van der Waals surface area contributed by atoms with E-state index in [2.05, 4.69) is 31.1 Å². The van der Waals surface area contributed by atoms with Gasteiger partial charge in [0.05, 0.1) is 5.01 Å². The zero-order valence-electron chi connectivity index (χ0n) is 8.79. The van der Waals surface area contributed by atoms with Crippen LogP contribution in [0.25, 0.3) is 0 Å². The van der Waals surface area contributed by atoms with Gasteiger partial charge in [0.25, 0.3) is 0 Å². The Kier molecular flexibility index (Phi) is 4.43. The maximum atomic E-state index is 4.29. The number of aryl methyl sites for hydroxylation is 1. The van der Waals surface area contributed by atoms with E-state index >= 15 is 0 Å². The predicted molar refractivity (Wildman–Crippen MR) is 59.1 cm³/mol. The summed E-state index contributed by atoms with van der Waals surface area (Å²) in [7, 11) is 0. The maximum absolute atomic E-state index is 4.29. The molecule has 0 N–H and O–H groups in total. The highest BCUT2D eigenvalue weighted by atomic mass is 32.1. The first kappa shape index (κ1) is 10.7. The normalized spacial score (nSPS) is 15.6. The molecule has 74 valence electrons. The van der Waals surface area contributed by atoms with Crippen molar-refractivity contribution >= 4 is 11.3 Å². The van der Waals surface area contributed by atoms with Crippen LogP contribution in [0.3, 0.4) is 0 Å². The molecule has 13 heavy (non-hydrogen) atoms. The third kappa shape index (κ3) is 3.47. The summed E-state index contributed by atoms with van der Waals surface area (Å²) >= 11 is 1.77. The first-order valence-corrected chi connectivity index (χ1v) is 6.00. The zero-order valence-corrected chi connectivity index (χ0v) is 9.60. The zero-order chi connectivity index (χ0) is 9.68. The molecule has 0 saturated heterocycles. The lowest BCUT2D eigenvalue weighted by Gasteiger charge is -2.17. The second-order valence-electron chi connectivity index (χ2n) is 3.83. The SMILES string of the molecule is CCC(C)C(C)CCc1nccs1. The lowest BCUT2D eigenvalue weighted by molar-refractivity contribution is 0.355. The monoisotopic (exact) mass is 197 g/mol. The predicted octanol–water partition coefficient (Wildman–Crippen LogP) is 3.76. The fourth-order valence-corrected chi connectivity index (χ4v) is 2.05. The minimum absolute atomic E-state index is 0.828. The Morgan fingerprint density at radius 3 is 2.69 bits per heavy atom. The van der Waals surface area contributed by atoms with Crippen LogP contribution < -0.4 is 0 Å². The van der Waals surface area contributed by atoms with Gasteiger partial charge in [-0.05, 0) is 24.7 Å². The molecule has 1 rings (SSSR count). The van der Waals surface area contributed by atoms with Crippen molar-refractivity contribution in [2.45, 2.75) is 40.0 Å². The number of nitrogens with zero attached hydrogens (tertiary/aromatic N) is 1. The summed E-state index contributed by atoms with van der Waals surface area (Å²) in [5.41, 5.74) is 0. The van der Waals surface area contributed by atoms with Crippen LogP contribution >= 0.6 is 11.3 Å². The van der Waals surface area contributed by atoms with E-state index in [1.165, 1.54) is 17.8 Å². The van der Waals surface area contributed by atoms with E-state index in [9.17, 15) is 0 Å². The molecule has 0 bridgehead atoms. The van der Waals surface area contributed by atoms with Crippen LogP contribution in [0.2, 0.25) is 0 Å². The fraction of sp³-hybridized carbons (Fsp3) is 0.727. The fourth-order valence-electron chi connectivity index (χ4n) is 1.41. The molecule has 2 unspecified atom stereocenters. The first-order chi connectivity index (χ1) is 6.24. The summed E-state index contributed by atoms with van der Waals surface area (Å²) < 4.78 is 0. The van der Waals surface area contributed by atoms with Crippen LogP contribution in [-0.2, 0) is 6.42 Å². The molecule has 0 radical (unpaired) electrons. The Bertz CT molecular complexity index is 218. The van der Waals surface area contributed by atoms with Gasteiger partial charge in [-0.25, -0.2) is 4.98 Å². The highest BCUT2D eigenvalue weighted by molar-refractivity contribution is 7.09. The van der Waals surface area contributed by atoms with Gasteiger partial charge in [0.2, 0.25) is 0 Å². The first-order valence-electron chi connectivity index (χ1n) is 5.12. The number of hydrogen-bond donors (Lipinski definition) is 0. The van der Waals surface area contributed by atoms with E-state index < -0.39 is 0 Å². The van der Waals surface area contributed by atoms with Crippen LogP contribution in [0.15, 0.2) is 11.6 Å². The minimum atomic E-state index is 0.828. The molecule has 0 fully saturated rings. The molecule has 0 aliphatic heterocycles. The summed E-state index contributed by atoms with van der Waals surface area (Å²) in [5.74, 6) is 1.67. The van der Waals surface area contributed by atoms with E-state index in [1.54, 1.807) is 11.3 Å². The summed E-state index contributed by atoms with van der Waals surface area (Å²) in [6.45, 7) is 6.96. The second kappa shape index (κ2) is 5.38. The van der Waals surface area contributed by atoms with Gasteiger partial charge >= 0.3 is 0 Å². The third-order valence-corrected chi connectivity index (χ3v) is 3.75. The van der Waals surface area contributed by atoms with Crippen molar-refractivity contribution in [1.29, 1.82) is 0 Å². The topological polar surface area (TPSA) is 12.9 Å². The van der Waals surface area contributed by atoms with Crippen molar-refractivity contribution in [3.05, 3.63) is 16.6 Å². The number of rotatable bonds is 5. The van der Waals surface area contributed by atoms with E-state index in [0.717, 1.165) is 18.3 Å². The van der Waals surface area contributed by atoms with Gasteiger partial charge in [0, 0.05) is 11.6 Å². The van der Waals surface area contributed by atoms with Gasteiger partial charge in [-0.3, -0.25) is 0 Å². The Morgan fingerprint density at radius 1 is 1.38 bits per heavy atom. The molecule has 0 aliphatic carbocycles. The van der Waals surface area contributed by atoms with E-state index in [-0.39, 0.29) is 0 Å². The lowest BCUT2D eigenvalue weighted by atomic mass is 9.90. The Hall–Kier alpha value is -0.370. The van der Waals surface area contributed by atoms with Gasteiger partial charge in [0.1, 0.15) is 0 Å².